The second kappa shape index (κ2) is 13.3. The molecule has 0 aliphatic rings. The molecular weight excluding hydrogens is 416 g/mol. The zero-order valence-electron chi connectivity index (χ0n) is 20.0. The summed E-state index contributed by atoms with van der Waals surface area (Å²) < 4.78 is 0. The van der Waals surface area contributed by atoms with E-state index in [1.807, 2.05) is 45.0 Å². The predicted molar refractivity (Wildman–Crippen MR) is 133 cm³/mol. The third kappa shape index (κ3) is 9.35. The fraction of sp³-hybridized carbons (Fsp3) is 0.423. The Morgan fingerprint density at radius 1 is 0.939 bits per heavy atom. The average Bonchev–Trinajstić information content (AvgIpc) is 2.76. The average molecular weight is 453 g/mol. The van der Waals surface area contributed by atoms with Gasteiger partial charge in [-0.3, -0.25) is 9.59 Å². The number of nitrogens with one attached hydrogen (secondary N) is 4. The molecule has 0 bridgehead atoms. The summed E-state index contributed by atoms with van der Waals surface area (Å²) >= 11 is 0. The summed E-state index contributed by atoms with van der Waals surface area (Å²) in [6.45, 7) is 8.66. The minimum atomic E-state index is -0.541. The van der Waals surface area contributed by atoms with Crippen molar-refractivity contribution in [2.45, 2.75) is 59.4 Å². The van der Waals surface area contributed by atoms with Crippen LogP contribution in [0.2, 0.25) is 0 Å². The number of amides is 4. The van der Waals surface area contributed by atoms with Gasteiger partial charge in [0.05, 0.1) is 6.42 Å². The lowest BCUT2D eigenvalue weighted by Gasteiger charge is -2.20. The highest BCUT2D eigenvalue weighted by molar-refractivity contribution is 6.00. The first-order chi connectivity index (χ1) is 15.8. The largest absolute Gasteiger partial charge is 0.354 e. The summed E-state index contributed by atoms with van der Waals surface area (Å²) in [5, 5.41) is 11.4. The molecule has 0 fully saturated rings. The van der Waals surface area contributed by atoms with E-state index in [0.29, 0.717) is 18.7 Å². The summed E-state index contributed by atoms with van der Waals surface area (Å²) in [6, 6.07) is 13.8. The van der Waals surface area contributed by atoms with E-state index in [2.05, 4.69) is 28.2 Å². The Bertz CT molecular complexity index is 925. The van der Waals surface area contributed by atoms with Gasteiger partial charge in [-0.1, -0.05) is 57.5 Å². The van der Waals surface area contributed by atoms with E-state index in [4.69, 9.17) is 0 Å². The van der Waals surface area contributed by atoms with Crippen LogP contribution < -0.4 is 21.3 Å². The second-order valence-electron chi connectivity index (χ2n) is 8.66. The normalized spacial score (nSPS) is 11.5. The van der Waals surface area contributed by atoms with Gasteiger partial charge in [0.1, 0.15) is 6.04 Å². The van der Waals surface area contributed by atoms with E-state index in [0.717, 1.165) is 29.7 Å². The Balaban J connectivity index is 1.89. The molecule has 2 aromatic carbocycles. The maximum Gasteiger partial charge on any atom is 0.323 e. The highest BCUT2D eigenvalue weighted by atomic mass is 16.2. The van der Waals surface area contributed by atoms with Crippen LogP contribution in [0.4, 0.5) is 16.2 Å². The van der Waals surface area contributed by atoms with Crippen LogP contribution in [0.1, 0.15) is 51.2 Å². The van der Waals surface area contributed by atoms with Gasteiger partial charge in [-0.05, 0) is 55.0 Å². The third-order valence-electron chi connectivity index (χ3n) is 5.16. The van der Waals surface area contributed by atoms with E-state index in [9.17, 15) is 14.4 Å². The van der Waals surface area contributed by atoms with E-state index in [-0.39, 0.29) is 30.2 Å². The minimum absolute atomic E-state index is 0.135. The molecule has 0 radical (unpaired) electrons. The van der Waals surface area contributed by atoms with Crippen LogP contribution in [0.25, 0.3) is 0 Å². The van der Waals surface area contributed by atoms with Crippen molar-refractivity contribution in [1.29, 1.82) is 0 Å². The van der Waals surface area contributed by atoms with Crippen molar-refractivity contribution < 1.29 is 14.4 Å². The maximum absolute atomic E-state index is 12.6. The standard InChI is InChI=1S/C26H36N4O3/c1-5-6-15-27-25(32)23(16-18(2)3)29-24(31)17-20-11-13-21(14-12-20)28-26(33)30-22-10-8-7-9-19(22)4/h7-14,18,23H,5-6,15-17H2,1-4H3,(H,27,32)(H,29,31)(H2,28,30,33). The van der Waals surface area contributed by atoms with E-state index in [1.54, 1.807) is 24.3 Å². The molecule has 0 spiro atoms. The summed E-state index contributed by atoms with van der Waals surface area (Å²) in [5.41, 5.74) is 3.15. The monoisotopic (exact) mass is 452 g/mol. The lowest BCUT2D eigenvalue weighted by molar-refractivity contribution is -0.129. The van der Waals surface area contributed by atoms with Crippen molar-refractivity contribution in [3.63, 3.8) is 0 Å². The molecule has 1 unspecified atom stereocenters. The van der Waals surface area contributed by atoms with Crippen molar-refractivity contribution in [2.75, 3.05) is 17.2 Å². The number of rotatable bonds is 11. The van der Waals surface area contributed by atoms with Gasteiger partial charge < -0.3 is 21.3 Å². The zero-order valence-corrected chi connectivity index (χ0v) is 20.0. The fourth-order valence-electron chi connectivity index (χ4n) is 3.35. The van der Waals surface area contributed by atoms with Crippen LogP contribution in [-0.2, 0) is 16.0 Å². The quantitative estimate of drug-likeness (QED) is 0.374. The molecule has 33 heavy (non-hydrogen) atoms. The van der Waals surface area contributed by atoms with Gasteiger partial charge in [0, 0.05) is 17.9 Å². The molecule has 7 nitrogen and oxygen atoms in total. The molecule has 0 aliphatic heterocycles. The molecule has 0 aromatic heterocycles. The van der Waals surface area contributed by atoms with Gasteiger partial charge >= 0.3 is 6.03 Å². The number of para-hydroxylation sites is 1. The van der Waals surface area contributed by atoms with Gasteiger partial charge in [-0.25, -0.2) is 4.79 Å². The number of hydrogen-bond acceptors (Lipinski definition) is 3. The Labute approximate surface area is 196 Å². The first-order valence-corrected chi connectivity index (χ1v) is 11.6. The highest BCUT2D eigenvalue weighted by Gasteiger charge is 2.21. The second-order valence-corrected chi connectivity index (χ2v) is 8.66. The van der Waals surface area contributed by atoms with Crippen LogP contribution in [0.5, 0.6) is 0 Å². The summed E-state index contributed by atoms with van der Waals surface area (Å²) in [6.07, 6.45) is 2.66. The van der Waals surface area contributed by atoms with Crippen molar-refractivity contribution in [2.24, 2.45) is 5.92 Å². The molecule has 4 amide bonds. The molecule has 178 valence electrons. The number of benzene rings is 2. The van der Waals surface area contributed by atoms with Gasteiger partial charge in [-0.15, -0.1) is 0 Å². The zero-order chi connectivity index (χ0) is 24.2. The van der Waals surface area contributed by atoms with Gasteiger partial charge in [0.15, 0.2) is 0 Å². The number of unbranched alkanes of at least 4 members (excludes halogenated alkanes) is 1. The summed E-state index contributed by atoms with van der Waals surface area (Å²) in [4.78, 5) is 37.3. The molecule has 2 rings (SSSR count). The molecule has 0 saturated carbocycles. The minimum Gasteiger partial charge on any atom is -0.354 e. The summed E-state index contributed by atoms with van der Waals surface area (Å²) in [7, 11) is 0. The Kier molecular flexibility index (Phi) is 10.4. The van der Waals surface area contributed by atoms with E-state index in [1.165, 1.54) is 0 Å². The SMILES string of the molecule is CCCCNC(=O)C(CC(C)C)NC(=O)Cc1ccc(NC(=O)Nc2ccccc2C)cc1. The van der Waals surface area contributed by atoms with Crippen molar-refractivity contribution in [3.05, 3.63) is 59.7 Å². The van der Waals surface area contributed by atoms with Crippen LogP contribution in [0.3, 0.4) is 0 Å². The maximum atomic E-state index is 12.6. The van der Waals surface area contributed by atoms with Crippen molar-refractivity contribution >= 4 is 29.2 Å². The van der Waals surface area contributed by atoms with Crippen molar-refractivity contribution in [3.8, 4) is 0 Å². The van der Waals surface area contributed by atoms with Crippen LogP contribution in [0, 0.1) is 12.8 Å². The van der Waals surface area contributed by atoms with E-state index >= 15 is 0 Å². The molecule has 0 saturated heterocycles. The molecular formula is C26H36N4O3. The van der Waals surface area contributed by atoms with Gasteiger partial charge in [0.2, 0.25) is 11.8 Å². The Morgan fingerprint density at radius 2 is 1.64 bits per heavy atom. The highest BCUT2D eigenvalue weighted by Crippen LogP contribution is 2.15. The Morgan fingerprint density at radius 3 is 2.27 bits per heavy atom. The molecule has 0 aliphatic carbocycles. The fourth-order valence-corrected chi connectivity index (χ4v) is 3.35. The molecule has 1 atom stereocenters. The number of aryl methyl sites for hydroxylation is 1. The van der Waals surface area contributed by atoms with Gasteiger partial charge in [-0.2, -0.15) is 0 Å². The molecule has 2 aromatic rings. The number of anilines is 2. The van der Waals surface area contributed by atoms with Crippen LogP contribution in [-0.4, -0.2) is 30.4 Å². The molecule has 4 N–H and O–H groups in total. The molecule has 7 heteroatoms. The van der Waals surface area contributed by atoms with Gasteiger partial charge in [0.25, 0.3) is 0 Å². The third-order valence-corrected chi connectivity index (χ3v) is 5.16. The molecule has 0 heterocycles. The summed E-state index contributed by atoms with van der Waals surface area (Å²) in [5.74, 6) is -0.0580. The number of hydrogen-bond donors (Lipinski definition) is 4. The first kappa shape index (κ1) is 25.9. The van der Waals surface area contributed by atoms with Crippen LogP contribution >= 0.6 is 0 Å². The number of carbonyl (C=O) groups excluding carboxylic acids is 3. The Hall–Kier alpha value is -3.35. The topological polar surface area (TPSA) is 99.3 Å². The van der Waals surface area contributed by atoms with Crippen molar-refractivity contribution in [1.82, 2.24) is 10.6 Å². The number of urea groups is 1. The smallest absolute Gasteiger partial charge is 0.323 e. The van der Waals surface area contributed by atoms with E-state index < -0.39 is 6.04 Å². The number of carbonyl (C=O) groups is 3. The van der Waals surface area contributed by atoms with Crippen LogP contribution in [0.15, 0.2) is 48.5 Å². The lowest BCUT2D eigenvalue weighted by atomic mass is 10.0. The lowest BCUT2D eigenvalue weighted by Crippen LogP contribution is -2.48. The first-order valence-electron chi connectivity index (χ1n) is 11.6. The predicted octanol–water partition coefficient (Wildman–Crippen LogP) is 4.63.